The van der Waals surface area contributed by atoms with E-state index in [1.807, 2.05) is 0 Å². The molecule has 0 aromatic heterocycles. The highest BCUT2D eigenvalue weighted by molar-refractivity contribution is 7.47. The first-order chi connectivity index (χ1) is 46.1. The van der Waals surface area contributed by atoms with Crippen LogP contribution in [0.25, 0.3) is 0 Å². The number of phosphoric acid groups is 2. The van der Waals surface area contributed by atoms with E-state index in [-0.39, 0.29) is 25.7 Å². The number of unbranched alkanes of at least 4 members (excludes halogenated alkanes) is 40. The molecule has 0 radical (unpaired) electrons. The molecule has 96 heavy (non-hydrogen) atoms. The Labute approximate surface area is 588 Å². The Morgan fingerprint density at radius 3 is 0.646 bits per heavy atom. The van der Waals surface area contributed by atoms with Gasteiger partial charge in [-0.2, -0.15) is 0 Å². The molecule has 5 atom stereocenters. The molecule has 3 N–H and O–H groups in total. The molecule has 19 heteroatoms. The molecule has 0 bridgehead atoms. The summed E-state index contributed by atoms with van der Waals surface area (Å²) in [6.07, 6.45) is 51.7. The Balaban J connectivity index is 5.18. The average molecular weight is 1410 g/mol. The third-order valence-corrected chi connectivity index (χ3v) is 19.7. The van der Waals surface area contributed by atoms with Gasteiger partial charge in [-0.1, -0.05) is 338 Å². The van der Waals surface area contributed by atoms with Crippen molar-refractivity contribution in [3.8, 4) is 0 Å². The second-order valence-corrected chi connectivity index (χ2v) is 32.6. The Kier molecular flexibility index (Phi) is 65.0. The molecule has 0 saturated heterocycles. The van der Waals surface area contributed by atoms with Crippen molar-refractivity contribution in [3.63, 3.8) is 0 Å². The molecule has 0 aliphatic heterocycles. The summed E-state index contributed by atoms with van der Waals surface area (Å²) in [5.74, 6) is 0.874. The van der Waals surface area contributed by atoms with Crippen molar-refractivity contribution in [2.45, 2.75) is 408 Å². The van der Waals surface area contributed by atoms with Crippen LogP contribution in [0.4, 0.5) is 0 Å². The van der Waals surface area contributed by atoms with Crippen LogP contribution in [0.15, 0.2) is 0 Å². The number of hydrogen-bond acceptors (Lipinski definition) is 15. The number of carbonyl (C=O) groups is 4. The number of phosphoric ester groups is 2. The van der Waals surface area contributed by atoms with E-state index in [0.29, 0.717) is 31.6 Å². The summed E-state index contributed by atoms with van der Waals surface area (Å²) in [6.45, 7) is 14.1. The van der Waals surface area contributed by atoms with Gasteiger partial charge in [0.1, 0.15) is 19.3 Å². The van der Waals surface area contributed by atoms with Crippen LogP contribution in [-0.4, -0.2) is 96.7 Å². The summed E-state index contributed by atoms with van der Waals surface area (Å²) in [6, 6.07) is 0. The largest absolute Gasteiger partial charge is 0.472 e. The molecule has 0 saturated carbocycles. The van der Waals surface area contributed by atoms with Crippen molar-refractivity contribution >= 4 is 39.5 Å². The minimum Gasteiger partial charge on any atom is -0.462 e. The van der Waals surface area contributed by atoms with Gasteiger partial charge in [0.15, 0.2) is 12.2 Å². The third kappa shape index (κ3) is 70.5. The summed E-state index contributed by atoms with van der Waals surface area (Å²) in [7, 11) is -9.91. The van der Waals surface area contributed by atoms with Crippen LogP contribution in [0.2, 0.25) is 0 Å². The van der Waals surface area contributed by atoms with E-state index in [2.05, 4.69) is 55.4 Å². The second-order valence-electron chi connectivity index (χ2n) is 29.7. The van der Waals surface area contributed by atoms with Crippen LogP contribution in [0.1, 0.15) is 389 Å². The maximum absolute atomic E-state index is 13.1. The lowest BCUT2D eigenvalue weighted by Crippen LogP contribution is -2.30. The van der Waals surface area contributed by atoms with Gasteiger partial charge in [-0.15, -0.1) is 0 Å². The first-order valence-electron chi connectivity index (χ1n) is 39.7. The molecule has 0 rings (SSSR count). The van der Waals surface area contributed by atoms with E-state index in [4.69, 9.17) is 37.0 Å². The first-order valence-corrected chi connectivity index (χ1v) is 42.7. The van der Waals surface area contributed by atoms with E-state index in [1.165, 1.54) is 186 Å². The molecule has 0 heterocycles. The molecular formula is C77H150O17P2. The minimum atomic E-state index is -4.96. The van der Waals surface area contributed by atoms with E-state index >= 15 is 0 Å². The average Bonchev–Trinajstić information content (AvgIpc) is 1.07. The minimum absolute atomic E-state index is 0.103. The van der Waals surface area contributed by atoms with Gasteiger partial charge < -0.3 is 33.8 Å². The molecule has 0 fully saturated rings. The number of aliphatic hydroxyl groups is 1. The fourth-order valence-electron chi connectivity index (χ4n) is 11.7. The molecule has 0 aliphatic rings. The van der Waals surface area contributed by atoms with Crippen LogP contribution >= 0.6 is 15.6 Å². The van der Waals surface area contributed by atoms with Crippen molar-refractivity contribution in [2.24, 2.45) is 23.7 Å². The lowest BCUT2D eigenvalue weighted by atomic mass is 10.0. The number of rotatable bonds is 74. The standard InChI is InChI=1S/C77H150O17P2/c1-67(2)53-45-37-29-23-19-15-13-11-9-10-12-14-16-21-25-32-41-49-57-74(79)87-63-72(93-76(81)59-51-43-33-26-22-18-17-20-24-30-38-46-54-68(3)4)65-91-95(83,84)89-61-71(78)62-90-96(85,86)92-66-73(64-88-75(80)58-50-42-36-35-40-48-56-70(7)8)94-77(82)60-52-44-34-28-27-31-39-47-55-69(5)6/h67-73,78H,9-66H2,1-8H3,(H,83,84)(H,85,86)/t71-,72-,73-/m1/s1. The zero-order chi connectivity index (χ0) is 71.0. The maximum Gasteiger partial charge on any atom is 0.472 e. The molecule has 0 aromatic carbocycles. The topological polar surface area (TPSA) is 237 Å². The van der Waals surface area contributed by atoms with Gasteiger partial charge >= 0.3 is 39.5 Å². The molecule has 17 nitrogen and oxygen atoms in total. The number of esters is 4. The Morgan fingerprint density at radius 1 is 0.260 bits per heavy atom. The van der Waals surface area contributed by atoms with Crippen molar-refractivity contribution in [3.05, 3.63) is 0 Å². The number of carbonyl (C=O) groups excluding carboxylic acids is 4. The van der Waals surface area contributed by atoms with Crippen LogP contribution in [-0.2, 0) is 65.4 Å². The van der Waals surface area contributed by atoms with Crippen molar-refractivity contribution in [2.75, 3.05) is 39.6 Å². The Bertz CT molecular complexity index is 1880. The van der Waals surface area contributed by atoms with Crippen LogP contribution in [0, 0.1) is 23.7 Å². The number of ether oxygens (including phenoxy) is 4. The van der Waals surface area contributed by atoms with Crippen LogP contribution < -0.4 is 0 Å². The highest BCUT2D eigenvalue weighted by Gasteiger charge is 2.30. The summed E-state index contributed by atoms with van der Waals surface area (Å²) < 4.78 is 68.5. The maximum atomic E-state index is 13.1. The zero-order valence-electron chi connectivity index (χ0n) is 63.0. The quantitative estimate of drug-likeness (QED) is 0.0222. The van der Waals surface area contributed by atoms with Crippen molar-refractivity contribution in [1.29, 1.82) is 0 Å². The fourth-order valence-corrected chi connectivity index (χ4v) is 13.3. The summed E-state index contributed by atoms with van der Waals surface area (Å²) >= 11 is 0. The number of aliphatic hydroxyl groups excluding tert-OH is 1. The van der Waals surface area contributed by atoms with E-state index in [9.17, 15) is 43.2 Å². The molecule has 2 unspecified atom stereocenters. The SMILES string of the molecule is CC(C)CCCCCCCCCCCCCCCCCCCCC(=O)OC[C@H](COP(=O)(O)OC[C@@H](O)COP(=O)(O)OC[C@@H](COC(=O)CCCCCCCCC(C)C)OC(=O)CCCCCCCCCCC(C)C)OC(=O)CCCCCCCCCCCCCCC(C)C. The molecule has 0 spiro atoms. The molecule has 0 aliphatic carbocycles. The monoisotopic (exact) mass is 1410 g/mol. The lowest BCUT2D eigenvalue weighted by Gasteiger charge is -2.21. The summed E-state index contributed by atoms with van der Waals surface area (Å²) in [5, 5.41) is 10.6. The lowest BCUT2D eigenvalue weighted by molar-refractivity contribution is -0.161. The number of hydrogen-bond donors (Lipinski definition) is 3. The predicted molar refractivity (Wildman–Crippen MR) is 391 cm³/mol. The zero-order valence-corrected chi connectivity index (χ0v) is 64.8. The highest BCUT2D eigenvalue weighted by Crippen LogP contribution is 2.45. The van der Waals surface area contributed by atoms with Crippen molar-refractivity contribution in [1.82, 2.24) is 0 Å². The first kappa shape index (κ1) is 94.1. The molecule has 0 amide bonds. The van der Waals surface area contributed by atoms with E-state index < -0.39 is 97.5 Å². The van der Waals surface area contributed by atoms with E-state index in [0.717, 1.165) is 114 Å². The Morgan fingerprint density at radius 2 is 0.438 bits per heavy atom. The van der Waals surface area contributed by atoms with Crippen molar-refractivity contribution < 1.29 is 80.2 Å². The van der Waals surface area contributed by atoms with Gasteiger partial charge in [-0.05, 0) is 49.4 Å². The second kappa shape index (κ2) is 66.3. The fraction of sp³-hybridized carbons (Fsp3) is 0.948. The summed E-state index contributed by atoms with van der Waals surface area (Å²) in [5.41, 5.74) is 0. The molecular weight excluding hydrogens is 1260 g/mol. The molecule has 570 valence electrons. The predicted octanol–water partition coefficient (Wildman–Crippen LogP) is 22.4. The van der Waals surface area contributed by atoms with Gasteiger partial charge in [0.2, 0.25) is 0 Å². The van der Waals surface area contributed by atoms with Gasteiger partial charge in [-0.3, -0.25) is 37.3 Å². The van der Waals surface area contributed by atoms with Gasteiger partial charge in [0.05, 0.1) is 26.4 Å². The molecule has 0 aromatic rings. The smallest absolute Gasteiger partial charge is 0.462 e. The summed E-state index contributed by atoms with van der Waals surface area (Å²) in [4.78, 5) is 72.8. The Hall–Kier alpha value is -1.94. The van der Waals surface area contributed by atoms with Gasteiger partial charge in [0, 0.05) is 25.7 Å². The van der Waals surface area contributed by atoms with E-state index in [1.54, 1.807) is 0 Å². The van der Waals surface area contributed by atoms with Gasteiger partial charge in [0.25, 0.3) is 0 Å². The van der Waals surface area contributed by atoms with Gasteiger partial charge in [-0.25, -0.2) is 9.13 Å². The van der Waals surface area contributed by atoms with Crippen LogP contribution in [0.5, 0.6) is 0 Å². The van der Waals surface area contributed by atoms with Crippen LogP contribution in [0.3, 0.4) is 0 Å². The third-order valence-electron chi connectivity index (χ3n) is 17.8. The normalized spacial score (nSPS) is 14.1. The highest BCUT2D eigenvalue weighted by atomic mass is 31.2.